The fraction of sp³-hybridized carbons (Fsp3) is 0.182. The molecule has 1 nitrogen and oxygen atoms in total. The molecule has 0 bridgehead atoms. The SMILES string of the molecule is Cc1ccc(/C=C/C#N)c(C)c1. The Morgan fingerprint density at radius 3 is 2.67 bits per heavy atom. The van der Waals surface area contributed by atoms with Gasteiger partial charge >= 0.3 is 0 Å². The average Bonchev–Trinajstić information content (AvgIpc) is 2.03. The van der Waals surface area contributed by atoms with E-state index in [9.17, 15) is 0 Å². The van der Waals surface area contributed by atoms with E-state index < -0.39 is 0 Å². The van der Waals surface area contributed by atoms with Gasteiger partial charge in [-0.1, -0.05) is 23.8 Å². The molecule has 1 heteroatoms. The quantitative estimate of drug-likeness (QED) is 0.575. The predicted molar refractivity (Wildman–Crippen MR) is 50.6 cm³/mol. The van der Waals surface area contributed by atoms with Gasteiger partial charge in [0.25, 0.3) is 0 Å². The van der Waals surface area contributed by atoms with E-state index in [1.807, 2.05) is 31.2 Å². The van der Waals surface area contributed by atoms with Crippen molar-refractivity contribution < 1.29 is 0 Å². The summed E-state index contributed by atoms with van der Waals surface area (Å²) in [6.45, 7) is 4.11. The zero-order chi connectivity index (χ0) is 8.97. The minimum Gasteiger partial charge on any atom is -0.193 e. The van der Waals surface area contributed by atoms with E-state index >= 15 is 0 Å². The van der Waals surface area contributed by atoms with Gasteiger partial charge in [0.2, 0.25) is 0 Å². The molecule has 0 saturated carbocycles. The van der Waals surface area contributed by atoms with Crippen LogP contribution in [0.15, 0.2) is 24.3 Å². The maximum Gasteiger partial charge on any atom is 0.0912 e. The van der Waals surface area contributed by atoms with Gasteiger partial charge in [-0.25, -0.2) is 0 Å². The van der Waals surface area contributed by atoms with Crippen LogP contribution in [0.4, 0.5) is 0 Å². The maximum atomic E-state index is 8.34. The van der Waals surface area contributed by atoms with E-state index in [1.54, 1.807) is 0 Å². The van der Waals surface area contributed by atoms with Crippen LogP contribution in [0.1, 0.15) is 16.7 Å². The number of aryl methyl sites for hydroxylation is 2. The Kier molecular flexibility index (Phi) is 2.66. The van der Waals surface area contributed by atoms with E-state index in [4.69, 9.17) is 5.26 Å². The highest BCUT2D eigenvalue weighted by Gasteiger charge is 1.92. The molecule has 0 atom stereocenters. The molecular formula is C11H11N. The summed E-state index contributed by atoms with van der Waals surface area (Å²) in [5, 5.41) is 8.34. The van der Waals surface area contributed by atoms with Crippen molar-refractivity contribution in [2.75, 3.05) is 0 Å². The third-order valence-electron chi connectivity index (χ3n) is 1.76. The molecule has 0 heterocycles. The van der Waals surface area contributed by atoms with Crippen molar-refractivity contribution in [1.82, 2.24) is 0 Å². The number of nitrogens with zero attached hydrogens (tertiary/aromatic N) is 1. The largest absolute Gasteiger partial charge is 0.193 e. The second kappa shape index (κ2) is 3.73. The lowest BCUT2D eigenvalue weighted by Gasteiger charge is -1.99. The summed E-state index contributed by atoms with van der Waals surface area (Å²) in [6, 6.07) is 8.16. The Labute approximate surface area is 73.0 Å². The summed E-state index contributed by atoms with van der Waals surface area (Å²) >= 11 is 0. The Balaban J connectivity index is 3.03. The summed E-state index contributed by atoms with van der Waals surface area (Å²) in [6.07, 6.45) is 3.33. The smallest absolute Gasteiger partial charge is 0.0912 e. The first-order valence-electron chi connectivity index (χ1n) is 3.87. The van der Waals surface area contributed by atoms with Crippen molar-refractivity contribution in [3.8, 4) is 6.07 Å². The summed E-state index contributed by atoms with van der Waals surface area (Å²) < 4.78 is 0. The van der Waals surface area contributed by atoms with Crippen LogP contribution < -0.4 is 0 Å². The van der Waals surface area contributed by atoms with Gasteiger partial charge in [-0.2, -0.15) is 5.26 Å². The number of rotatable bonds is 1. The molecule has 1 aromatic rings. The van der Waals surface area contributed by atoms with Gasteiger partial charge in [-0.05, 0) is 31.1 Å². The second-order valence-corrected chi connectivity index (χ2v) is 2.82. The van der Waals surface area contributed by atoms with Gasteiger partial charge in [0.15, 0.2) is 0 Å². The van der Waals surface area contributed by atoms with Crippen molar-refractivity contribution in [2.24, 2.45) is 0 Å². The Morgan fingerprint density at radius 1 is 1.33 bits per heavy atom. The van der Waals surface area contributed by atoms with Crippen LogP contribution in [0.3, 0.4) is 0 Å². The highest BCUT2D eigenvalue weighted by Crippen LogP contribution is 2.11. The van der Waals surface area contributed by atoms with Crippen LogP contribution in [0.5, 0.6) is 0 Å². The monoisotopic (exact) mass is 157 g/mol. The maximum absolute atomic E-state index is 8.34. The molecule has 0 radical (unpaired) electrons. The fourth-order valence-corrected chi connectivity index (χ4v) is 1.14. The van der Waals surface area contributed by atoms with Crippen LogP contribution in [0, 0.1) is 25.2 Å². The summed E-state index contributed by atoms with van der Waals surface area (Å²) in [5.74, 6) is 0. The molecule has 0 fully saturated rings. The van der Waals surface area contributed by atoms with Gasteiger partial charge in [-0.3, -0.25) is 0 Å². The minimum atomic E-state index is 1.11. The van der Waals surface area contributed by atoms with Crippen LogP contribution in [-0.4, -0.2) is 0 Å². The van der Waals surface area contributed by atoms with Crippen molar-refractivity contribution in [1.29, 1.82) is 5.26 Å². The zero-order valence-electron chi connectivity index (χ0n) is 7.33. The van der Waals surface area contributed by atoms with Crippen LogP contribution in [-0.2, 0) is 0 Å². The number of nitriles is 1. The van der Waals surface area contributed by atoms with Gasteiger partial charge in [0.1, 0.15) is 0 Å². The topological polar surface area (TPSA) is 23.8 Å². The number of hydrogen-bond donors (Lipinski definition) is 0. The van der Waals surface area contributed by atoms with E-state index in [0.717, 1.165) is 5.56 Å². The molecule has 1 aromatic carbocycles. The lowest BCUT2D eigenvalue weighted by Crippen LogP contribution is -1.81. The summed E-state index contributed by atoms with van der Waals surface area (Å²) in [7, 11) is 0. The zero-order valence-corrected chi connectivity index (χ0v) is 7.33. The minimum absolute atomic E-state index is 1.11. The third-order valence-corrected chi connectivity index (χ3v) is 1.76. The number of benzene rings is 1. The van der Waals surface area contributed by atoms with E-state index in [2.05, 4.69) is 13.0 Å². The van der Waals surface area contributed by atoms with Crippen molar-refractivity contribution in [2.45, 2.75) is 13.8 Å². The van der Waals surface area contributed by atoms with E-state index in [0.29, 0.717) is 0 Å². The van der Waals surface area contributed by atoms with Gasteiger partial charge in [0.05, 0.1) is 6.07 Å². The highest BCUT2D eigenvalue weighted by molar-refractivity contribution is 5.56. The Bertz CT molecular complexity index is 343. The first kappa shape index (κ1) is 8.55. The van der Waals surface area contributed by atoms with Crippen molar-refractivity contribution in [3.63, 3.8) is 0 Å². The predicted octanol–water partition coefficient (Wildman–Crippen LogP) is 2.84. The van der Waals surface area contributed by atoms with Gasteiger partial charge in [-0.15, -0.1) is 0 Å². The molecule has 0 amide bonds. The van der Waals surface area contributed by atoms with E-state index in [1.165, 1.54) is 17.2 Å². The fourth-order valence-electron chi connectivity index (χ4n) is 1.14. The molecule has 0 aliphatic heterocycles. The molecule has 0 aliphatic carbocycles. The molecule has 0 aliphatic rings. The first-order valence-corrected chi connectivity index (χ1v) is 3.87. The Hall–Kier alpha value is -1.55. The lowest BCUT2D eigenvalue weighted by molar-refractivity contribution is 1.37. The molecule has 0 spiro atoms. The highest BCUT2D eigenvalue weighted by atomic mass is 14.2. The molecule has 1 rings (SSSR count). The van der Waals surface area contributed by atoms with E-state index in [-0.39, 0.29) is 0 Å². The molecule has 12 heavy (non-hydrogen) atoms. The summed E-state index contributed by atoms with van der Waals surface area (Å²) in [4.78, 5) is 0. The lowest BCUT2D eigenvalue weighted by atomic mass is 10.1. The molecule has 0 aromatic heterocycles. The van der Waals surface area contributed by atoms with Crippen molar-refractivity contribution >= 4 is 6.08 Å². The molecule has 0 N–H and O–H groups in total. The van der Waals surface area contributed by atoms with Gasteiger partial charge in [0, 0.05) is 6.08 Å². The summed E-state index contributed by atoms with van der Waals surface area (Å²) in [5.41, 5.74) is 3.57. The van der Waals surface area contributed by atoms with Crippen LogP contribution >= 0.6 is 0 Å². The van der Waals surface area contributed by atoms with Gasteiger partial charge < -0.3 is 0 Å². The average molecular weight is 157 g/mol. The normalized spacial score (nSPS) is 10.1. The molecule has 0 saturated heterocycles. The molecule has 60 valence electrons. The van der Waals surface area contributed by atoms with Crippen LogP contribution in [0.2, 0.25) is 0 Å². The standard InChI is InChI=1S/C11H11N/c1-9-5-6-11(4-3-7-12)10(2)8-9/h3-6,8H,1-2H3/b4-3+. The number of allylic oxidation sites excluding steroid dienone is 1. The van der Waals surface area contributed by atoms with Crippen molar-refractivity contribution in [3.05, 3.63) is 41.0 Å². The Morgan fingerprint density at radius 2 is 2.08 bits per heavy atom. The third kappa shape index (κ3) is 1.96. The molecular weight excluding hydrogens is 146 g/mol. The number of hydrogen-bond acceptors (Lipinski definition) is 1. The second-order valence-electron chi connectivity index (χ2n) is 2.82. The molecule has 0 unspecified atom stereocenters. The van der Waals surface area contributed by atoms with Crippen LogP contribution in [0.25, 0.3) is 6.08 Å². The first-order chi connectivity index (χ1) is 5.74.